The third-order valence-corrected chi connectivity index (χ3v) is 6.84. The highest BCUT2D eigenvalue weighted by atomic mass is 16.6. The molecule has 2 atom stereocenters. The van der Waals surface area contributed by atoms with E-state index in [2.05, 4.69) is 25.4 Å². The van der Waals surface area contributed by atoms with Crippen LogP contribution in [0.5, 0.6) is 11.5 Å². The van der Waals surface area contributed by atoms with Crippen LogP contribution in [0.4, 0.5) is 0 Å². The van der Waals surface area contributed by atoms with Gasteiger partial charge in [0, 0.05) is 43.3 Å². The SMILES string of the molecule is O=c1[nH]c2cc3c(cc2cc1CN(Cc1nnnn1C[C@@H]1CCCO1)C[C@H]1CCCO1)OCCO3. The molecule has 0 unspecified atom stereocenters. The standard InChI is InChI=1S/C24H30N6O5/c31-24-17(9-16-10-21-22(11-20(16)25-24)35-8-7-34-21)12-29(13-18-3-1-5-32-18)15-23-26-27-28-30(23)14-19-4-2-6-33-19/h9-11,18-19H,1-8,12-15H2,(H,25,31)/t18-,19+/m1/s1. The van der Waals surface area contributed by atoms with Gasteiger partial charge < -0.3 is 23.9 Å². The van der Waals surface area contributed by atoms with E-state index in [-0.39, 0.29) is 17.8 Å². The van der Waals surface area contributed by atoms with Gasteiger partial charge in [-0.2, -0.15) is 0 Å². The number of aromatic amines is 1. The van der Waals surface area contributed by atoms with Crippen molar-refractivity contribution in [2.24, 2.45) is 0 Å². The Morgan fingerprint density at radius 2 is 1.74 bits per heavy atom. The van der Waals surface area contributed by atoms with Gasteiger partial charge in [0.05, 0.1) is 30.8 Å². The van der Waals surface area contributed by atoms with E-state index in [9.17, 15) is 4.79 Å². The van der Waals surface area contributed by atoms with E-state index < -0.39 is 0 Å². The summed E-state index contributed by atoms with van der Waals surface area (Å²) in [6, 6.07) is 5.69. The van der Waals surface area contributed by atoms with Gasteiger partial charge in [0.15, 0.2) is 17.3 Å². The minimum absolute atomic E-state index is 0.120. The maximum Gasteiger partial charge on any atom is 0.252 e. The summed E-state index contributed by atoms with van der Waals surface area (Å²) >= 11 is 0. The first-order chi connectivity index (χ1) is 17.2. The smallest absolute Gasteiger partial charge is 0.252 e. The average molecular weight is 483 g/mol. The first kappa shape index (κ1) is 22.4. The van der Waals surface area contributed by atoms with Gasteiger partial charge >= 0.3 is 0 Å². The summed E-state index contributed by atoms with van der Waals surface area (Å²) in [5.41, 5.74) is 1.28. The number of ether oxygens (including phenoxy) is 4. The zero-order chi connectivity index (χ0) is 23.6. The van der Waals surface area contributed by atoms with Gasteiger partial charge in [0.2, 0.25) is 0 Å². The van der Waals surface area contributed by atoms with Crippen LogP contribution in [0.1, 0.15) is 37.1 Å². The maximum atomic E-state index is 13.0. The summed E-state index contributed by atoms with van der Waals surface area (Å²) in [5, 5.41) is 13.3. The summed E-state index contributed by atoms with van der Waals surface area (Å²) in [6.45, 7) is 4.89. The summed E-state index contributed by atoms with van der Waals surface area (Å²) in [6.07, 6.45) is 4.43. The number of pyridine rings is 1. The molecule has 3 aliphatic rings. The molecule has 3 aromatic rings. The molecule has 0 saturated carbocycles. The molecular formula is C24H30N6O5. The van der Waals surface area contributed by atoms with Crippen molar-refractivity contribution in [2.75, 3.05) is 33.0 Å². The van der Waals surface area contributed by atoms with Gasteiger partial charge in [0.1, 0.15) is 13.2 Å². The van der Waals surface area contributed by atoms with E-state index >= 15 is 0 Å². The number of hydrogen-bond donors (Lipinski definition) is 1. The second kappa shape index (κ2) is 9.92. The van der Waals surface area contributed by atoms with E-state index in [1.165, 1.54) is 0 Å². The number of nitrogens with one attached hydrogen (secondary N) is 1. The van der Waals surface area contributed by atoms with Crippen molar-refractivity contribution < 1.29 is 18.9 Å². The molecule has 1 aromatic carbocycles. The molecule has 186 valence electrons. The van der Waals surface area contributed by atoms with Crippen molar-refractivity contribution in [3.8, 4) is 11.5 Å². The van der Waals surface area contributed by atoms with Crippen molar-refractivity contribution in [1.29, 1.82) is 0 Å². The van der Waals surface area contributed by atoms with Crippen LogP contribution in [0.3, 0.4) is 0 Å². The Hall–Kier alpha value is -3.02. The molecular weight excluding hydrogens is 452 g/mol. The third kappa shape index (κ3) is 5.02. The molecule has 0 amide bonds. The number of tetrazole rings is 1. The number of benzene rings is 1. The van der Waals surface area contributed by atoms with Crippen LogP contribution in [-0.2, 0) is 29.1 Å². The van der Waals surface area contributed by atoms with Gasteiger partial charge in [0.25, 0.3) is 5.56 Å². The van der Waals surface area contributed by atoms with Crippen LogP contribution < -0.4 is 15.0 Å². The van der Waals surface area contributed by atoms with Crippen molar-refractivity contribution in [3.05, 3.63) is 39.9 Å². The quantitative estimate of drug-likeness (QED) is 0.511. The molecule has 0 bridgehead atoms. The summed E-state index contributed by atoms with van der Waals surface area (Å²) in [7, 11) is 0. The molecule has 2 saturated heterocycles. The normalized spacial score (nSPS) is 21.9. The second-order valence-corrected chi connectivity index (χ2v) is 9.42. The number of aromatic nitrogens is 5. The van der Waals surface area contributed by atoms with Gasteiger partial charge in [-0.3, -0.25) is 9.69 Å². The van der Waals surface area contributed by atoms with Crippen molar-refractivity contribution in [2.45, 2.75) is 57.5 Å². The Morgan fingerprint density at radius 3 is 2.51 bits per heavy atom. The molecule has 0 radical (unpaired) electrons. The molecule has 11 heteroatoms. The van der Waals surface area contributed by atoms with Gasteiger partial charge in [-0.25, -0.2) is 4.68 Å². The number of rotatable bonds is 8. The van der Waals surface area contributed by atoms with Crippen LogP contribution in [0.2, 0.25) is 0 Å². The fourth-order valence-electron chi connectivity index (χ4n) is 5.07. The van der Waals surface area contributed by atoms with E-state index in [1.807, 2.05) is 22.9 Å². The highest BCUT2D eigenvalue weighted by molar-refractivity contribution is 5.83. The van der Waals surface area contributed by atoms with Crippen LogP contribution >= 0.6 is 0 Å². The highest BCUT2D eigenvalue weighted by Crippen LogP contribution is 2.33. The largest absolute Gasteiger partial charge is 0.486 e. The number of fused-ring (bicyclic) bond motifs is 2. The lowest BCUT2D eigenvalue weighted by Gasteiger charge is -2.25. The van der Waals surface area contributed by atoms with E-state index in [1.54, 1.807) is 0 Å². The van der Waals surface area contributed by atoms with Gasteiger partial charge in [-0.05, 0) is 48.2 Å². The lowest BCUT2D eigenvalue weighted by molar-refractivity contribution is 0.0647. The Kier molecular flexibility index (Phi) is 6.36. The molecule has 3 aliphatic heterocycles. The summed E-state index contributed by atoms with van der Waals surface area (Å²) in [5.74, 6) is 2.12. The summed E-state index contributed by atoms with van der Waals surface area (Å²) < 4.78 is 24.9. The van der Waals surface area contributed by atoms with Gasteiger partial charge in [-0.15, -0.1) is 5.10 Å². The molecule has 0 aliphatic carbocycles. The Balaban J connectivity index is 1.25. The highest BCUT2D eigenvalue weighted by Gasteiger charge is 2.24. The second-order valence-electron chi connectivity index (χ2n) is 9.42. The van der Waals surface area contributed by atoms with Crippen LogP contribution in [0.15, 0.2) is 23.0 Å². The average Bonchev–Trinajstić information content (AvgIpc) is 3.63. The Bertz CT molecular complexity index is 1230. The first-order valence-electron chi connectivity index (χ1n) is 12.4. The molecule has 6 rings (SSSR count). The lowest BCUT2D eigenvalue weighted by atomic mass is 10.1. The topological polar surface area (TPSA) is 117 Å². The van der Waals surface area contributed by atoms with Crippen LogP contribution in [0, 0.1) is 0 Å². The zero-order valence-corrected chi connectivity index (χ0v) is 19.6. The van der Waals surface area contributed by atoms with Crippen molar-refractivity contribution >= 4 is 10.9 Å². The number of hydrogen-bond acceptors (Lipinski definition) is 9. The molecule has 35 heavy (non-hydrogen) atoms. The van der Waals surface area contributed by atoms with E-state index in [0.717, 1.165) is 55.6 Å². The van der Waals surface area contributed by atoms with Crippen molar-refractivity contribution in [3.63, 3.8) is 0 Å². The minimum atomic E-state index is -0.120. The fourth-order valence-corrected chi connectivity index (χ4v) is 5.07. The maximum absolute atomic E-state index is 13.0. The first-order valence-corrected chi connectivity index (χ1v) is 12.4. The third-order valence-electron chi connectivity index (χ3n) is 6.84. The molecule has 0 spiro atoms. The van der Waals surface area contributed by atoms with E-state index in [0.29, 0.717) is 56.5 Å². The van der Waals surface area contributed by atoms with Crippen LogP contribution in [0.25, 0.3) is 10.9 Å². The van der Waals surface area contributed by atoms with Gasteiger partial charge in [-0.1, -0.05) is 0 Å². The zero-order valence-electron chi connectivity index (χ0n) is 19.6. The molecule has 1 N–H and O–H groups in total. The Labute approximate surface area is 202 Å². The predicted molar refractivity (Wildman–Crippen MR) is 125 cm³/mol. The minimum Gasteiger partial charge on any atom is -0.486 e. The number of nitrogens with zero attached hydrogens (tertiary/aromatic N) is 5. The number of H-pyrrole nitrogens is 1. The predicted octanol–water partition coefficient (Wildman–Crippen LogP) is 1.65. The molecule has 2 aromatic heterocycles. The lowest BCUT2D eigenvalue weighted by Crippen LogP contribution is -2.34. The van der Waals surface area contributed by atoms with Crippen molar-refractivity contribution in [1.82, 2.24) is 30.1 Å². The fraction of sp³-hybridized carbons (Fsp3) is 0.583. The van der Waals surface area contributed by atoms with E-state index in [4.69, 9.17) is 18.9 Å². The Morgan fingerprint density at radius 1 is 0.971 bits per heavy atom. The molecule has 11 nitrogen and oxygen atoms in total. The van der Waals surface area contributed by atoms with Crippen LogP contribution in [-0.4, -0.2) is 75.3 Å². The molecule has 5 heterocycles. The molecule has 2 fully saturated rings. The monoisotopic (exact) mass is 482 g/mol. The summed E-state index contributed by atoms with van der Waals surface area (Å²) in [4.78, 5) is 18.2.